The van der Waals surface area contributed by atoms with Crippen molar-refractivity contribution in [3.05, 3.63) is 59.8 Å². The lowest BCUT2D eigenvalue weighted by Crippen LogP contribution is -2.22. The van der Waals surface area contributed by atoms with Crippen LogP contribution in [0.4, 0.5) is 5.82 Å². The minimum Gasteiger partial charge on any atom is -0.307 e. The Bertz CT molecular complexity index is 562. The number of carbonyl (C=O) groups excluding carboxylic acids is 1. The molecule has 1 heterocycles. The van der Waals surface area contributed by atoms with Gasteiger partial charge in [-0.15, -0.1) is 0 Å². The maximum atomic E-state index is 12.1. The van der Waals surface area contributed by atoms with Crippen LogP contribution in [0.25, 0.3) is 0 Å². The molecule has 0 unspecified atom stereocenters. The summed E-state index contributed by atoms with van der Waals surface area (Å²) in [5.41, 5.74) is 1.86. The zero-order valence-electron chi connectivity index (χ0n) is 12.5. The summed E-state index contributed by atoms with van der Waals surface area (Å²) < 4.78 is 0. The van der Waals surface area contributed by atoms with E-state index < -0.39 is 0 Å². The van der Waals surface area contributed by atoms with E-state index in [4.69, 9.17) is 0 Å². The van der Waals surface area contributed by atoms with Gasteiger partial charge in [-0.2, -0.15) is 0 Å². The summed E-state index contributed by atoms with van der Waals surface area (Å²) in [4.78, 5) is 18.5. The highest BCUT2D eigenvalue weighted by atomic mass is 16.1. The summed E-state index contributed by atoms with van der Waals surface area (Å²) in [6, 6.07) is 13.2. The first-order valence-electron chi connectivity index (χ1n) is 7.26. The molecule has 0 atom stereocenters. The zero-order chi connectivity index (χ0) is 15.1. The molecule has 1 N–H and O–H groups in total. The van der Waals surface area contributed by atoms with E-state index in [1.54, 1.807) is 12.3 Å². The van der Waals surface area contributed by atoms with Gasteiger partial charge in [0.15, 0.2) is 0 Å². The van der Waals surface area contributed by atoms with E-state index in [1.807, 2.05) is 36.4 Å². The Morgan fingerprint density at radius 1 is 1.10 bits per heavy atom. The van der Waals surface area contributed by atoms with Crippen molar-refractivity contribution in [2.45, 2.75) is 20.4 Å². The van der Waals surface area contributed by atoms with Crippen molar-refractivity contribution in [1.82, 2.24) is 9.88 Å². The normalized spacial score (nSPS) is 10.6. The number of aromatic nitrogens is 1. The van der Waals surface area contributed by atoms with Gasteiger partial charge in [-0.05, 0) is 42.9 Å². The van der Waals surface area contributed by atoms with Gasteiger partial charge in [0.25, 0.3) is 5.91 Å². The third-order valence-corrected chi connectivity index (χ3v) is 3.42. The Hall–Kier alpha value is -2.20. The molecule has 110 valence electrons. The van der Waals surface area contributed by atoms with Crippen molar-refractivity contribution in [1.29, 1.82) is 0 Å². The Morgan fingerprint density at radius 2 is 1.81 bits per heavy atom. The van der Waals surface area contributed by atoms with Crippen molar-refractivity contribution in [2.24, 2.45) is 0 Å². The van der Waals surface area contributed by atoms with Crippen LogP contribution in [-0.4, -0.2) is 28.9 Å². The topological polar surface area (TPSA) is 45.2 Å². The molecule has 0 aliphatic rings. The number of nitrogens with one attached hydrogen (secondary N) is 1. The molecule has 21 heavy (non-hydrogen) atoms. The van der Waals surface area contributed by atoms with E-state index in [-0.39, 0.29) is 5.91 Å². The minimum absolute atomic E-state index is 0.136. The number of hydrogen-bond acceptors (Lipinski definition) is 3. The molecule has 4 heteroatoms. The monoisotopic (exact) mass is 283 g/mol. The first kappa shape index (κ1) is 15.2. The molecule has 4 nitrogen and oxygen atoms in total. The van der Waals surface area contributed by atoms with E-state index in [0.717, 1.165) is 19.6 Å². The summed E-state index contributed by atoms with van der Waals surface area (Å²) in [7, 11) is 0. The molecule has 2 aromatic rings. The van der Waals surface area contributed by atoms with Crippen LogP contribution in [0, 0.1) is 0 Å². The van der Waals surface area contributed by atoms with Crippen molar-refractivity contribution < 1.29 is 4.79 Å². The third kappa shape index (κ3) is 4.39. The lowest BCUT2D eigenvalue weighted by molar-refractivity contribution is 0.102. The van der Waals surface area contributed by atoms with Gasteiger partial charge in [0, 0.05) is 18.3 Å². The fraction of sp³-hybridized carbons (Fsp3) is 0.294. The van der Waals surface area contributed by atoms with E-state index in [9.17, 15) is 4.79 Å². The SMILES string of the molecule is CCN(CC)Cc1ccc(C(=O)Nc2ccccn2)cc1. The number of rotatable bonds is 6. The number of pyridine rings is 1. The van der Waals surface area contributed by atoms with Gasteiger partial charge in [-0.1, -0.05) is 32.0 Å². The zero-order valence-corrected chi connectivity index (χ0v) is 12.5. The van der Waals surface area contributed by atoms with Crippen molar-refractivity contribution in [2.75, 3.05) is 18.4 Å². The quantitative estimate of drug-likeness (QED) is 0.885. The average molecular weight is 283 g/mol. The van der Waals surface area contributed by atoms with Crippen LogP contribution >= 0.6 is 0 Å². The molecule has 0 fully saturated rings. The summed E-state index contributed by atoms with van der Waals surface area (Å²) >= 11 is 0. The highest BCUT2D eigenvalue weighted by Crippen LogP contribution is 2.10. The van der Waals surface area contributed by atoms with Crippen LogP contribution in [-0.2, 0) is 6.54 Å². The molecule has 1 aromatic heterocycles. The summed E-state index contributed by atoms with van der Waals surface area (Å²) in [6.07, 6.45) is 1.66. The van der Waals surface area contributed by atoms with Crippen LogP contribution in [0.3, 0.4) is 0 Å². The number of carbonyl (C=O) groups is 1. The maximum absolute atomic E-state index is 12.1. The second-order valence-electron chi connectivity index (χ2n) is 4.83. The fourth-order valence-corrected chi connectivity index (χ4v) is 2.09. The molecule has 0 bridgehead atoms. The molecule has 1 amide bonds. The van der Waals surface area contributed by atoms with Gasteiger partial charge in [0.05, 0.1) is 0 Å². The number of amides is 1. The van der Waals surface area contributed by atoms with Crippen molar-refractivity contribution >= 4 is 11.7 Å². The van der Waals surface area contributed by atoms with Crippen LogP contribution in [0.1, 0.15) is 29.8 Å². The Balaban J connectivity index is 2.00. The van der Waals surface area contributed by atoms with Gasteiger partial charge in [-0.25, -0.2) is 4.98 Å². The van der Waals surface area contributed by atoms with E-state index in [1.165, 1.54) is 5.56 Å². The minimum atomic E-state index is -0.136. The predicted octanol–water partition coefficient (Wildman–Crippen LogP) is 3.18. The second-order valence-corrected chi connectivity index (χ2v) is 4.83. The van der Waals surface area contributed by atoms with E-state index >= 15 is 0 Å². The maximum Gasteiger partial charge on any atom is 0.256 e. The first-order chi connectivity index (χ1) is 10.2. The molecule has 0 radical (unpaired) electrons. The van der Waals surface area contributed by atoms with Gasteiger partial charge in [0.2, 0.25) is 0 Å². The molecular formula is C17H21N3O. The van der Waals surface area contributed by atoms with E-state index in [0.29, 0.717) is 11.4 Å². The molecule has 0 saturated carbocycles. The lowest BCUT2D eigenvalue weighted by Gasteiger charge is -2.18. The first-order valence-corrected chi connectivity index (χ1v) is 7.26. The highest BCUT2D eigenvalue weighted by molar-refractivity contribution is 6.03. The van der Waals surface area contributed by atoms with Gasteiger partial charge in [-0.3, -0.25) is 9.69 Å². The Kier molecular flexibility index (Phi) is 5.46. The molecular weight excluding hydrogens is 262 g/mol. The number of benzene rings is 1. The molecule has 0 saturated heterocycles. The van der Waals surface area contributed by atoms with Gasteiger partial charge in [0.1, 0.15) is 5.82 Å². The molecule has 1 aromatic carbocycles. The standard InChI is InChI=1S/C17H21N3O/c1-3-20(4-2)13-14-8-10-15(11-9-14)17(21)19-16-7-5-6-12-18-16/h5-12H,3-4,13H2,1-2H3,(H,18,19,21). The Labute approximate surface area is 125 Å². The summed E-state index contributed by atoms with van der Waals surface area (Å²) in [5, 5.41) is 2.78. The predicted molar refractivity (Wildman–Crippen MR) is 85.3 cm³/mol. The van der Waals surface area contributed by atoms with Crippen LogP contribution in [0.2, 0.25) is 0 Å². The second kappa shape index (κ2) is 7.55. The molecule has 2 rings (SSSR count). The lowest BCUT2D eigenvalue weighted by atomic mass is 10.1. The number of nitrogens with zero attached hydrogens (tertiary/aromatic N) is 2. The third-order valence-electron chi connectivity index (χ3n) is 3.42. The smallest absolute Gasteiger partial charge is 0.256 e. The number of anilines is 1. The van der Waals surface area contributed by atoms with Gasteiger partial charge >= 0.3 is 0 Å². The fourth-order valence-electron chi connectivity index (χ4n) is 2.09. The number of hydrogen-bond donors (Lipinski definition) is 1. The largest absolute Gasteiger partial charge is 0.307 e. The molecule has 0 spiro atoms. The van der Waals surface area contributed by atoms with Crippen LogP contribution in [0.15, 0.2) is 48.7 Å². The summed E-state index contributed by atoms with van der Waals surface area (Å²) in [5.74, 6) is 0.429. The summed E-state index contributed by atoms with van der Waals surface area (Å²) in [6.45, 7) is 7.27. The average Bonchev–Trinajstić information content (AvgIpc) is 2.54. The van der Waals surface area contributed by atoms with Crippen LogP contribution in [0.5, 0.6) is 0 Å². The van der Waals surface area contributed by atoms with Crippen molar-refractivity contribution in [3.63, 3.8) is 0 Å². The van der Waals surface area contributed by atoms with Crippen molar-refractivity contribution in [3.8, 4) is 0 Å². The Morgan fingerprint density at radius 3 is 2.38 bits per heavy atom. The molecule has 0 aliphatic carbocycles. The van der Waals surface area contributed by atoms with E-state index in [2.05, 4.69) is 29.0 Å². The van der Waals surface area contributed by atoms with Gasteiger partial charge < -0.3 is 5.32 Å². The van der Waals surface area contributed by atoms with Crippen LogP contribution < -0.4 is 5.32 Å². The molecule has 0 aliphatic heterocycles. The highest BCUT2D eigenvalue weighted by Gasteiger charge is 2.07.